The molecule has 0 spiro atoms. The van der Waals surface area contributed by atoms with Gasteiger partial charge in [-0.05, 0) is 33.6 Å². The Kier molecular flexibility index (Phi) is 3.57. The summed E-state index contributed by atoms with van der Waals surface area (Å²) in [7, 11) is 0. The molecule has 0 N–H and O–H groups in total. The Bertz CT molecular complexity index is 275. The monoisotopic (exact) mass is 210 g/mol. The predicted octanol–water partition coefficient (Wildman–Crippen LogP) is 2.16. The van der Waals surface area contributed by atoms with E-state index in [1.165, 1.54) is 0 Å². The molecular formula is C11H18N2O2. The molecule has 0 aromatic heterocycles. The molecule has 1 amide bonds. The van der Waals surface area contributed by atoms with E-state index < -0.39 is 5.60 Å². The van der Waals surface area contributed by atoms with Crippen molar-refractivity contribution in [3.8, 4) is 6.07 Å². The summed E-state index contributed by atoms with van der Waals surface area (Å²) in [5, 5.41) is 8.79. The van der Waals surface area contributed by atoms with Crippen LogP contribution in [-0.4, -0.2) is 29.7 Å². The summed E-state index contributed by atoms with van der Waals surface area (Å²) in [5.74, 6) is -0.0359. The average Bonchev–Trinajstić information content (AvgIpc) is 2.15. The van der Waals surface area contributed by atoms with Gasteiger partial charge in [0.2, 0.25) is 0 Å². The number of amides is 1. The van der Waals surface area contributed by atoms with Crippen LogP contribution in [0.4, 0.5) is 4.79 Å². The molecule has 4 nitrogen and oxygen atoms in total. The van der Waals surface area contributed by atoms with E-state index in [0.29, 0.717) is 13.1 Å². The first-order valence-electron chi connectivity index (χ1n) is 5.30. The van der Waals surface area contributed by atoms with Crippen molar-refractivity contribution in [1.82, 2.24) is 4.90 Å². The van der Waals surface area contributed by atoms with Gasteiger partial charge in [0.05, 0.1) is 12.0 Å². The molecule has 0 aliphatic carbocycles. The first-order valence-corrected chi connectivity index (χ1v) is 5.30. The van der Waals surface area contributed by atoms with Crippen LogP contribution in [0.2, 0.25) is 0 Å². The normalized spacial score (nSPS) is 22.0. The fraction of sp³-hybridized carbons (Fsp3) is 0.818. The van der Waals surface area contributed by atoms with Crippen molar-refractivity contribution in [1.29, 1.82) is 5.26 Å². The highest BCUT2D eigenvalue weighted by Crippen LogP contribution is 2.18. The first kappa shape index (κ1) is 11.8. The second-order valence-electron chi connectivity index (χ2n) is 4.89. The lowest BCUT2D eigenvalue weighted by atomic mass is 10.0. The highest BCUT2D eigenvalue weighted by molar-refractivity contribution is 5.68. The molecule has 0 radical (unpaired) electrons. The van der Waals surface area contributed by atoms with Crippen LogP contribution < -0.4 is 0 Å². The minimum Gasteiger partial charge on any atom is -0.444 e. The van der Waals surface area contributed by atoms with Crippen LogP contribution in [0.25, 0.3) is 0 Å². The quantitative estimate of drug-likeness (QED) is 0.615. The third-order valence-electron chi connectivity index (χ3n) is 2.26. The number of nitriles is 1. The third kappa shape index (κ3) is 3.78. The second-order valence-corrected chi connectivity index (χ2v) is 4.89. The number of carbonyl (C=O) groups excluding carboxylic acids is 1. The SMILES string of the molecule is CC(C)(C)OC(=O)N1CCCC(C#N)C1. The summed E-state index contributed by atoms with van der Waals surface area (Å²) in [6.07, 6.45) is 1.47. The number of nitrogens with zero attached hydrogens (tertiary/aromatic N) is 2. The Balaban J connectivity index is 2.50. The van der Waals surface area contributed by atoms with Crippen molar-refractivity contribution in [2.24, 2.45) is 5.92 Å². The molecule has 0 bridgehead atoms. The lowest BCUT2D eigenvalue weighted by molar-refractivity contribution is 0.0189. The van der Waals surface area contributed by atoms with Gasteiger partial charge in [0.15, 0.2) is 0 Å². The van der Waals surface area contributed by atoms with Gasteiger partial charge in [-0.2, -0.15) is 5.26 Å². The molecule has 1 unspecified atom stereocenters. The Labute approximate surface area is 90.8 Å². The first-order chi connectivity index (χ1) is 6.92. The number of likely N-dealkylation sites (tertiary alicyclic amines) is 1. The van der Waals surface area contributed by atoms with E-state index in [4.69, 9.17) is 10.00 Å². The number of carbonyl (C=O) groups is 1. The van der Waals surface area contributed by atoms with Gasteiger partial charge in [0, 0.05) is 13.1 Å². The van der Waals surface area contributed by atoms with Gasteiger partial charge in [0.1, 0.15) is 5.60 Å². The maximum absolute atomic E-state index is 11.7. The van der Waals surface area contributed by atoms with Gasteiger partial charge in [-0.15, -0.1) is 0 Å². The largest absolute Gasteiger partial charge is 0.444 e. The van der Waals surface area contributed by atoms with Gasteiger partial charge in [-0.25, -0.2) is 4.79 Å². The van der Waals surface area contributed by atoms with E-state index in [0.717, 1.165) is 12.8 Å². The summed E-state index contributed by atoms with van der Waals surface area (Å²) in [4.78, 5) is 13.3. The Morgan fingerprint density at radius 2 is 2.20 bits per heavy atom. The summed E-state index contributed by atoms with van der Waals surface area (Å²) in [6, 6.07) is 2.20. The van der Waals surface area contributed by atoms with Gasteiger partial charge < -0.3 is 9.64 Å². The van der Waals surface area contributed by atoms with Crippen molar-refractivity contribution in [2.45, 2.75) is 39.2 Å². The fourth-order valence-electron chi connectivity index (χ4n) is 1.57. The average molecular weight is 210 g/mol. The maximum atomic E-state index is 11.7. The van der Waals surface area contributed by atoms with Crippen LogP contribution >= 0.6 is 0 Å². The summed E-state index contributed by atoms with van der Waals surface area (Å²) < 4.78 is 5.25. The van der Waals surface area contributed by atoms with Crippen molar-refractivity contribution in [3.05, 3.63) is 0 Å². The maximum Gasteiger partial charge on any atom is 0.410 e. The molecule has 84 valence electrons. The fourth-order valence-corrected chi connectivity index (χ4v) is 1.57. The van der Waals surface area contributed by atoms with Gasteiger partial charge in [-0.3, -0.25) is 0 Å². The zero-order valence-electron chi connectivity index (χ0n) is 9.62. The van der Waals surface area contributed by atoms with E-state index in [-0.39, 0.29) is 12.0 Å². The Morgan fingerprint density at radius 3 is 2.73 bits per heavy atom. The Hall–Kier alpha value is -1.24. The summed E-state index contributed by atoms with van der Waals surface area (Å²) in [6.45, 7) is 6.74. The number of rotatable bonds is 0. The second kappa shape index (κ2) is 4.52. The molecule has 1 aliphatic rings. The summed E-state index contributed by atoms with van der Waals surface area (Å²) in [5.41, 5.74) is -0.462. The molecule has 1 saturated heterocycles. The Morgan fingerprint density at radius 1 is 1.53 bits per heavy atom. The summed E-state index contributed by atoms with van der Waals surface area (Å²) >= 11 is 0. The van der Waals surface area contributed by atoms with Crippen molar-refractivity contribution < 1.29 is 9.53 Å². The molecule has 4 heteroatoms. The van der Waals surface area contributed by atoms with E-state index in [9.17, 15) is 4.79 Å². The molecule has 15 heavy (non-hydrogen) atoms. The standard InChI is InChI=1S/C11H18N2O2/c1-11(2,3)15-10(14)13-6-4-5-9(7-12)8-13/h9H,4-6,8H2,1-3H3. The van der Waals surface area contributed by atoms with E-state index >= 15 is 0 Å². The van der Waals surface area contributed by atoms with Crippen LogP contribution in [0.3, 0.4) is 0 Å². The number of hydrogen-bond donors (Lipinski definition) is 0. The van der Waals surface area contributed by atoms with E-state index in [2.05, 4.69) is 6.07 Å². The van der Waals surface area contributed by atoms with Crippen LogP contribution in [0.5, 0.6) is 0 Å². The number of piperidine rings is 1. The molecule has 0 aromatic rings. The molecule has 1 fully saturated rings. The van der Waals surface area contributed by atoms with Crippen molar-refractivity contribution in [2.75, 3.05) is 13.1 Å². The molecule has 0 aromatic carbocycles. The zero-order valence-corrected chi connectivity index (χ0v) is 9.62. The van der Waals surface area contributed by atoms with Crippen molar-refractivity contribution >= 4 is 6.09 Å². The van der Waals surface area contributed by atoms with Gasteiger partial charge in [-0.1, -0.05) is 0 Å². The van der Waals surface area contributed by atoms with Crippen LogP contribution in [0, 0.1) is 17.2 Å². The lowest BCUT2D eigenvalue weighted by Gasteiger charge is -2.31. The van der Waals surface area contributed by atoms with E-state index in [1.807, 2.05) is 20.8 Å². The van der Waals surface area contributed by atoms with Crippen LogP contribution in [0.1, 0.15) is 33.6 Å². The molecule has 1 heterocycles. The highest BCUT2D eigenvalue weighted by atomic mass is 16.6. The molecule has 0 saturated carbocycles. The molecule has 1 rings (SSSR count). The van der Waals surface area contributed by atoms with Gasteiger partial charge in [0.25, 0.3) is 0 Å². The topological polar surface area (TPSA) is 53.3 Å². The highest BCUT2D eigenvalue weighted by Gasteiger charge is 2.27. The van der Waals surface area contributed by atoms with Crippen LogP contribution in [-0.2, 0) is 4.74 Å². The predicted molar refractivity (Wildman–Crippen MR) is 56.1 cm³/mol. The smallest absolute Gasteiger partial charge is 0.410 e. The zero-order chi connectivity index (χ0) is 11.5. The van der Waals surface area contributed by atoms with Crippen LogP contribution in [0.15, 0.2) is 0 Å². The molecule has 1 atom stereocenters. The minimum atomic E-state index is -0.462. The molecule has 1 aliphatic heterocycles. The van der Waals surface area contributed by atoms with E-state index in [1.54, 1.807) is 4.90 Å². The minimum absolute atomic E-state index is 0.0359. The number of ether oxygens (including phenoxy) is 1. The third-order valence-corrected chi connectivity index (χ3v) is 2.26. The van der Waals surface area contributed by atoms with Crippen molar-refractivity contribution in [3.63, 3.8) is 0 Å². The number of hydrogen-bond acceptors (Lipinski definition) is 3. The lowest BCUT2D eigenvalue weighted by Crippen LogP contribution is -2.42. The van der Waals surface area contributed by atoms with Gasteiger partial charge >= 0.3 is 6.09 Å². The molecular weight excluding hydrogens is 192 g/mol.